The van der Waals surface area contributed by atoms with E-state index < -0.39 is 11.6 Å². The average Bonchev–Trinajstić information content (AvgIpc) is 2.27. The van der Waals surface area contributed by atoms with Crippen LogP contribution in [0.15, 0.2) is 35.1 Å². The van der Waals surface area contributed by atoms with E-state index in [2.05, 4.69) is 15.5 Å². The zero-order chi connectivity index (χ0) is 11.5. The van der Waals surface area contributed by atoms with Gasteiger partial charge in [-0.25, -0.2) is 13.9 Å². The Labute approximate surface area is 88.9 Å². The molecule has 0 spiro atoms. The third-order valence-electron chi connectivity index (χ3n) is 1.87. The molecule has 0 unspecified atom stereocenters. The highest BCUT2D eigenvalue weighted by Crippen LogP contribution is 2.18. The first kappa shape index (κ1) is 10.3. The molecule has 2 rings (SSSR count). The lowest BCUT2D eigenvalue weighted by molar-refractivity contribution is 0.603. The van der Waals surface area contributed by atoms with Gasteiger partial charge in [0.05, 0.1) is 5.69 Å². The van der Waals surface area contributed by atoms with Gasteiger partial charge in [0.2, 0.25) is 0 Å². The summed E-state index contributed by atoms with van der Waals surface area (Å²) < 4.78 is 26.0. The van der Waals surface area contributed by atoms with E-state index in [0.29, 0.717) is 0 Å². The van der Waals surface area contributed by atoms with Gasteiger partial charge in [-0.3, -0.25) is 4.79 Å². The Hall–Kier alpha value is -2.24. The molecule has 0 aliphatic rings. The number of rotatable bonds is 2. The third kappa shape index (κ3) is 2.22. The van der Waals surface area contributed by atoms with Crippen molar-refractivity contribution in [3.05, 3.63) is 52.3 Å². The second-order valence-electron chi connectivity index (χ2n) is 3.06. The molecule has 0 saturated heterocycles. The van der Waals surface area contributed by atoms with Crippen LogP contribution in [0.3, 0.4) is 0 Å². The number of nitrogens with one attached hydrogen (secondary N) is 2. The van der Waals surface area contributed by atoms with Crippen LogP contribution >= 0.6 is 0 Å². The molecule has 0 saturated carbocycles. The number of benzene rings is 1. The Morgan fingerprint density at radius 2 is 2.00 bits per heavy atom. The fourth-order valence-electron chi connectivity index (χ4n) is 1.15. The topological polar surface area (TPSA) is 57.8 Å². The van der Waals surface area contributed by atoms with Crippen LogP contribution in [0, 0.1) is 11.6 Å². The maximum atomic E-state index is 13.2. The molecule has 1 aromatic heterocycles. The molecule has 82 valence electrons. The maximum absolute atomic E-state index is 13.2. The number of aromatic nitrogens is 2. The molecule has 1 heterocycles. The van der Waals surface area contributed by atoms with Crippen molar-refractivity contribution in [2.24, 2.45) is 0 Å². The summed E-state index contributed by atoms with van der Waals surface area (Å²) in [6.07, 6.45) is 0. The third-order valence-corrected chi connectivity index (χ3v) is 1.87. The van der Waals surface area contributed by atoms with E-state index in [0.717, 1.165) is 18.2 Å². The van der Waals surface area contributed by atoms with Crippen molar-refractivity contribution in [1.29, 1.82) is 0 Å². The number of nitrogens with zero attached hydrogens (tertiary/aromatic N) is 1. The van der Waals surface area contributed by atoms with Gasteiger partial charge in [0, 0.05) is 12.1 Å². The van der Waals surface area contributed by atoms with Crippen molar-refractivity contribution in [2.75, 3.05) is 5.32 Å². The van der Waals surface area contributed by atoms with Crippen molar-refractivity contribution in [1.82, 2.24) is 10.2 Å². The number of anilines is 2. The number of hydrogen-bond donors (Lipinski definition) is 2. The average molecular weight is 223 g/mol. The van der Waals surface area contributed by atoms with E-state index >= 15 is 0 Å². The zero-order valence-corrected chi connectivity index (χ0v) is 8.00. The van der Waals surface area contributed by atoms with E-state index in [1.54, 1.807) is 0 Å². The Balaban J connectivity index is 2.30. The molecule has 2 N–H and O–H groups in total. The molecule has 0 fully saturated rings. The van der Waals surface area contributed by atoms with Crippen LogP contribution in [0.2, 0.25) is 0 Å². The summed E-state index contributed by atoms with van der Waals surface area (Å²) >= 11 is 0. The summed E-state index contributed by atoms with van der Waals surface area (Å²) in [5.74, 6) is -0.938. The first-order valence-electron chi connectivity index (χ1n) is 4.43. The molecule has 0 aliphatic carbocycles. The standard InChI is InChI=1S/C10H7F2N3O/c11-6-1-2-7(12)8(5-6)13-9-3-4-10(16)15-14-9/h1-5H,(H,13,14)(H,15,16). The van der Waals surface area contributed by atoms with Gasteiger partial charge < -0.3 is 5.32 Å². The highest BCUT2D eigenvalue weighted by Gasteiger charge is 2.04. The van der Waals surface area contributed by atoms with E-state index in [9.17, 15) is 13.6 Å². The van der Waals surface area contributed by atoms with Gasteiger partial charge in [-0.2, -0.15) is 5.10 Å². The van der Waals surface area contributed by atoms with Crippen molar-refractivity contribution >= 4 is 11.5 Å². The minimum Gasteiger partial charge on any atom is -0.336 e. The van der Waals surface area contributed by atoms with Crippen LogP contribution in [0.5, 0.6) is 0 Å². The molecule has 0 amide bonds. The molecule has 2 aromatic rings. The lowest BCUT2D eigenvalue weighted by atomic mass is 10.3. The minimum absolute atomic E-state index is 0.0421. The first-order chi connectivity index (χ1) is 7.65. The number of halogens is 2. The summed E-state index contributed by atoms with van der Waals surface area (Å²) in [7, 11) is 0. The fraction of sp³-hybridized carbons (Fsp3) is 0. The van der Waals surface area contributed by atoms with Gasteiger partial charge in [0.1, 0.15) is 11.6 Å². The van der Waals surface area contributed by atoms with Crippen LogP contribution in [-0.2, 0) is 0 Å². The van der Waals surface area contributed by atoms with Gasteiger partial charge in [-0.05, 0) is 18.2 Å². The second kappa shape index (κ2) is 4.09. The first-order valence-corrected chi connectivity index (χ1v) is 4.43. The normalized spacial score (nSPS) is 10.1. The molecule has 16 heavy (non-hydrogen) atoms. The molecular formula is C10H7F2N3O. The van der Waals surface area contributed by atoms with Crippen LogP contribution < -0.4 is 10.9 Å². The molecule has 6 heteroatoms. The quantitative estimate of drug-likeness (QED) is 0.816. The van der Waals surface area contributed by atoms with Gasteiger partial charge in [0.15, 0.2) is 5.82 Å². The molecule has 0 aliphatic heterocycles. The molecule has 0 radical (unpaired) electrons. The van der Waals surface area contributed by atoms with E-state index in [1.165, 1.54) is 12.1 Å². The lowest BCUT2D eigenvalue weighted by Crippen LogP contribution is -2.07. The van der Waals surface area contributed by atoms with Crippen molar-refractivity contribution < 1.29 is 8.78 Å². The van der Waals surface area contributed by atoms with Crippen LogP contribution in [0.4, 0.5) is 20.3 Å². The molecular weight excluding hydrogens is 216 g/mol. The molecule has 4 nitrogen and oxygen atoms in total. The number of hydrogen-bond acceptors (Lipinski definition) is 3. The summed E-state index contributed by atoms with van der Waals surface area (Å²) in [5.41, 5.74) is -0.412. The summed E-state index contributed by atoms with van der Waals surface area (Å²) in [5, 5.41) is 8.32. The smallest absolute Gasteiger partial charge is 0.264 e. The summed E-state index contributed by atoms with van der Waals surface area (Å²) in [4.78, 5) is 10.7. The van der Waals surface area contributed by atoms with Crippen LogP contribution in [-0.4, -0.2) is 10.2 Å². The van der Waals surface area contributed by atoms with Gasteiger partial charge >= 0.3 is 0 Å². The Morgan fingerprint density at radius 1 is 1.19 bits per heavy atom. The second-order valence-corrected chi connectivity index (χ2v) is 3.06. The summed E-state index contributed by atoms with van der Waals surface area (Å²) in [6, 6.07) is 5.61. The monoisotopic (exact) mass is 223 g/mol. The van der Waals surface area contributed by atoms with Crippen molar-refractivity contribution in [3.63, 3.8) is 0 Å². The largest absolute Gasteiger partial charge is 0.336 e. The van der Waals surface area contributed by atoms with E-state index in [-0.39, 0.29) is 17.1 Å². The van der Waals surface area contributed by atoms with Crippen LogP contribution in [0.25, 0.3) is 0 Å². The lowest BCUT2D eigenvalue weighted by Gasteiger charge is -2.05. The van der Waals surface area contributed by atoms with Crippen molar-refractivity contribution in [3.8, 4) is 0 Å². The Bertz CT molecular complexity index is 548. The molecule has 0 bridgehead atoms. The Morgan fingerprint density at radius 3 is 2.69 bits per heavy atom. The van der Waals surface area contributed by atoms with Crippen LogP contribution in [0.1, 0.15) is 0 Å². The predicted molar refractivity (Wildman–Crippen MR) is 54.5 cm³/mol. The number of aromatic amines is 1. The number of H-pyrrole nitrogens is 1. The Kier molecular flexibility index (Phi) is 2.63. The zero-order valence-electron chi connectivity index (χ0n) is 8.00. The SMILES string of the molecule is O=c1ccc(Nc2cc(F)ccc2F)n[nH]1. The summed E-state index contributed by atoms with van der Waals surface area (Å²) in [6.45, 7) is 0. The minimum atomic E-state index is -0.602. The van der Waals surface area contributed by atoms with Gasteiger partial charge in [-0.1, -0.05) is 0 Å². The highest BCUT2D eigenvalue weighted by molar-refractivity contribution is 5.56. The van der Waals surface area contributed by atoms with Gasteiger partial charge in [0.25, 0.3) is 5.56 Å². The maximum Gasteiger partial charge on any atom is 0.264 e. The molecule has 1 aromatic carbocycles. The predicted octanol–water partition coefficient (Wildman–Crippen LogP) is 1.79. The van der Waals surface area contributed by atoms with Gasteiger partial charge in [-0.15, -0.1) is 0 Å². The van der Waals surface area contributed by atoms with E-state index in [1.807, 2.05) is 0 Å². The van der Waals surface area contributed by atoms with Crippen molar-refractivity contribution in [2.45, 2.75) is 0 Å². The fourth-order valence-corrected chi connectivity index (χ4v) is 1.15. The molecule has 0 atom stereocenters. The van der Waals surface area contributed by atoms with E-state index in [4.69, 9.17) is 0 Å². The highest BCUT2D eigenvalue weighted by atomic mass is 19.1.